The topological polar surface area (TPSA) is 55.9 Å². The molecule has 7 heteroatoms. The van der Waals surface area contributed by atoms with Crippen LogP contribution in [-0.4, -0.2) is 84.4 Å². The van der Waals surface area contributed by atoms with Crippen molar-refractivity contribution >= 4 is 11.8 Å². The van der Waals surface area contributed by atoms with Gasteiger partial charge in [-0.05, 0) is 63.6 Å². The third-order valence-electron chi connectivity index (χ3n) is 8.08. The molecular weight excluding hydrogens is 431 g/mol. The van der Waals surface area contributed by atoms with Crippen LogP contribution >= 0.6 is 0 Å². The molecular formula is C27H41FN4O2. The fraction of sp³-hybridized carbons (Fsp3) is 0.704. The number of carbonyl (C=O) groups excluding carboxylic acids is 2. The van der Waals surface area contributed by atoms with Crippen molar-refractivity contribution in [2.24, 2.45) is 5.92 Å². The summed E-state index contributed by atoms with van der Waals surface area (Å²) in [7, 11) is 0. The van der Waals surface area contributed by atoms with E-state index in [0.29, 0.717) is 38.1 Å². The molecule has 2 heterocycles. The summed E-state index contributed by atoms with van der Waals surface area (Å²) < 4.78 is 14.1. The van der Waals surface area contributed by atoms with Crippen molar-refractivity contribution in [2.75, 3.05) is 45.8 Å². The second kappa shape index (κ2) is 12.1. The van der Waals surface area contributed by atoms with Crippen LogP contribution in [0.3, 0.4) is 0 Å². The SMILES string of the molecule is C[C@H]1CCCCN1CCCNC(=O)[C@@H](C1CCCC1)N1CCN(C(=O)c2ccccc2F)CC1. The largest absolute Gasteiger partial charge is 0.355 e. The lowest BCUT2D eigenvalue weighted by atomic mass is 9.95. The molecule has 4 rings (SSSR count). The number of rotatable bonds is 8. The first kappa shape index (κ1) is 25.1. The molecule has 34 heavy (non-hydrogen) atoms. The molecule has 2 atom stereocenters. The standard InChI is InChI=1S/C27H41FN4O2/c1-21-9-6-7-15-30(21)16-8-14-29-26(33)25(22-10-2-3-11-22)31-17-19-32(20-18-31)27(34)23-12-4-5-13-24(23)28/h4-5,12-13,21-22,25H,2-3,6-11,14-20H2,1H3,(H,29,33)/t21-,25+/m0/s1. The van der Waals surface area contributed by atoms with E-state index in [1.54, 1.807) is 23.1 Å². The van der Waals surface area contributed by atoms with Gasteiger partial charge in [0, 0.05) is 45.3 Å². The summed E-state index contributed by atoms with van der Waals surface area (Å²) in [5.74, 6) is -0.202. The van der Waals surface area contributed by atoms with Crippen molar-refractivity contribution in [1.29, 1.82) is 0 Å². The molecule has 3 fully saturated rings. The Bertz CT molecular complexity index is 821. The second-order valence-electron chi connectivity index (χ2n) is 10.3. The van der Waals surface area contributed by atoms with E-state index in [1.165, 1.54) is 44.7 Å². The molecule has 1 saturated carbocycles. The Kier molecular flexibility index (Phi) is 8.95. The maximum Gasteiger partial charge on any atom is 0.256 e. The second-order valence-corrected chi connectivity index (χ2v) is 10.3. The molecule has 0 radical (unpaired) electrons. The fourth-order valence-electron chi connectivity index (χ4n) is 6.05. The summed E-state index contributed by atoms with van der Waals surface area (Å²) in [6.45, 7) is 7.61. The van der Waals surface area contributed by atoms with Crippen molar-refractivity contribution in [3.05, 3.63) is 35.6 Å². The third kappa shape index (κ3) is 6.16. The summed E-state index contributed by atoms with van der Waals surface area (Å²) in [4.78, 5) is 32.7. The first-order chi connectivity index (χ1) is 16.5. The lowest BCUT2D eigenvalue weighted by molar-refractivity contribution is -0.129. The van der Waals surface area contributed by atoms with Crippen molar-refractivity contribution in [3.63, 3.8) is 0 Å². The minimum atomic E-state index is -0.475. The average molecular weight is 473 g/mol. The molecule has 1 N–H and O–H groups in total. The molecule has 1 aromatic carbocycles. The van der Waals surface area contributed by atoms with Crippen LogP contribution in [0.5, 0.6) is 0 Å². The monoisotopic (exact) mass is 472 g/mol. The first-order valence-corrected chi connectivity index (χ1v) is 13.3. The minimum absolute atomic E-state index is 0.123. The van der Waals surface area contributed by atoms with Gasteiger partial charge in [-0.1, -0.05) is 31.4 Å². The number of benzene rings is 1. The predicted octanol–water partition coefficient (Wildman–Crippen LogP) is 3.52. The lowest BCUT2D eigenvalue weighted by Crippen LogP contribution is -2.58. The van der Waals surface area contributed by atoms with Crippen LogP contribution in [0, 0.1) is 11.7 Å². The molecule has 0 bridgehead atoms. The normalized spacial score (nSPS) is 23.7. The highest BCUT2D eigenvalue weighted by molar-refractivity contribution is 5.94. The van der Waals surface area contributed by atoms with Crippen molar-refractivity contribution in [2.45, 2.75) is 70.4 Å². The van der Waals surface area contributed by atoms with E-state index in [-0.39, 0.29) is 23.4 Å². The molecule has 2 aliphatic heterocycles. The smallest absolute Gasteiger partial charge is 0.256 e. The number of carbonyl (C=O) groups is 2. The molecule has 2 amide bonds. The van der Waals surface area contributed by atoms with Gasteiger partial charge in [0.25, 0.3) is 5.91 Å². The van der Waals surface area contributed by atoms with E-state index in [1.807, 2.05) is 0 Å². The molecule has 188 valence electrons. The Morgan fingerprint density at radius 1 is 1.00 bits per heavy atom. The van der Waals surface area contributed by atoms with Crippen molar-refractivity contribution in [3.8, 4) is 0 Å². The number of hydrogen-bond acceptors (Lipinski definition) is 4. The van der Waals surface area contributed by atoms with Gasteiger partial charge in [-0.3, -0.25) is 14.5 Å². The molecule has 0 spiro atoms. The maximum absolute atomic E-state index is 14.1. The number of nitrogens with one attached hydrogen (secondary N) is 1. The van der Waals surface area contributed by atoms with E-state index in [9.17, 15) is 14.0 Å². The highest BCUT2D eigenvalue weighted by atomic mass is 19.1. The number of halogens is 1. The quantitative estimate of drug-likeness (QED) is 0.588. The van der Waals surface area contributed by atoms with Gasteiger partial charge in [-0.2, -0.15) is 0 Å². The number of likely N-dealkylation sites (tertiary alicyclic amines) is 1. The van der Waals surface area contributed by atoms with E-state index < -0.39 is 5.82 Å². The highest BCUT2D eigenvalue weighted by Crippen LogP contribution is 2.31. The summed E-state index contributed by atoms with van der Waals surface area (Å²) in [5.41, 5.74) is 0.129. The van der Waals surface area contributed by atoms with Crippen molar-refractivity contribution < 1.29 is 14.0 Å². The van der Waals surface area contributed by atoms with Gasteiger partial charge >= 0.3 is 0 Å². The van der Waals surface area contributed by atoms with Gasteiger partial charge < -0.3 is 15.1 Å². The van der Waals surface area contributed by atoms with Crippen LogP contribution < -0.4 is 5.32 Å². The van der Waals surface area contributed by atoms with Gasteiger partial charge in [0.1, 0.15) is 5.82 Å². The lowest BCUT2D eigenvalue weighted by Gasteiger charge is -2.41. The number of nitrogens with zero attached hydrogens (tertiary/aromatic N) is 3. The summed E-state index contributed by atoms with van der Waals surface area (Å²) in [6, 6.07) is 6.70. The van der Waals surface area contributed by atoms with Crippen LogP contribution in [0.1, 0.15) is 68.6 Å². The Hall–Kier alpha value is -1.99. The molecule has 0 unspecified atom stereocenters. The summed E-state index contributed by atoms with van der Waals surface area (Å²) in [5, 5.41) is 3.24. The number of piperidine rings is 1. The number of piperazine rings is 1. The Balaban J connectivity index is 1.29. The molecule has 6 nitrogen and oxygen atoms in total. The van der Waals surface area contributed by atoms with E-state index in [0.717, 1.165) is 32.4 Å². The Morgan fingerprint density at radius 2 is 1.71 bits per heavy atom. The first-order valence-electron chi connectivity index (χ1n) is 13.3. The van der Waals surface area contributed by atoms with Gasteiger partial charge in [-0.25, -0.2) is 4.39 Å². The van der Waals surface area contributed by atoms with Crippen LogP contribution in [0.4, 0.5) is 4.39 Å². The van der Waals surface area contributed by atoms with Gasteiger partial charge in [0.05, 0.1) is 11.6 Å². The van der Waals surface area contributed by atoms with E-state index >= 15 is 0 Å². The van der Waals surface area contributed by atoms with Gasteiger partial charge in [-0.15, -0.1) is 0 Å². The highest BCUT2D eigenvalue weighted by Gasteiger charge is 2.37. The summed E-state index contributed by atoms with van der Waals surface area (Å²) in [6.07, 6.45) is 9.44. The van der Waals surface area contributed by atoms with Crippen LogP contribution in [0.25, 0.3) is 0 Å². The predicted molar refractivity (Wildman–Crippen MR) is 132 cm³/mol. The van der Waals surface area contributed by atoms with E-state index in [4.69, 9.17) is 0 Å². The van der Waals surface area contributed by atoms with Gasteiger partial charge in [0.15, 0.2) is 0 Å². The number of hydrogen-bond donors (Lipinski definition) is 1. The average Bonchev–Trinajstić information content (AvgIpc) is 3.38. The molecule has 0 aromatic heterocycles. The van der Waals surface area contributed by atoms with E-state index in [2.05, 4.69) is 22.0 Å². The van der Waals surface area contributed by atoms with Gasteiger partial charge in [0.2, 0.25) is 5.91 Å². The third-order valence-corrected chi connectivity index (χ3v) is 8.08. The zero-order valence-electron chi connectivity index (χ0n) is 20.7. The Labute approximate surface area is 203 Å². The zero-order chi connectivity index (χ0) is 23.9. The van der Waals surface area contributed by atoms with Crippen molar-refractivity contribution in [1.82, 2.24) is 20.0 Å². The Morgan fingerprint density at radius 3 is 2.41 bits per heavy atom. The molecule has 2 saturated heterocycles. The maximum atomic E-state index is 14.1. The zero-order valence-corrected chi connectivity index (χ0v) is 20.7. The number of amides is 2. The van der Waals surface area contributed by atoms with Crippen LogP contribution in [-0.2, 0) is 4.79 Å². The minimum Gasteiger partial charge on any atom is -0.355 e. The molecule has 1 aromatic rings. The molecule has 1 aliphatic carbocycles. The van der Waals surface area contributed by atoms with Crippen LogP contribution in [0.15, 0.2) is 24.3 Å². The molecule has 3 aliphatic rings. The summed E-state index contributed by atoms with van der Waals surface area (Å²) >= 11 is 0. The fourth-order valence-corrected chi connectivity index (χ4v) is 6.05. The van der Waals surface area contributed by atoms with Crippen LogP contribution in [0.2, 0.25) is 0 Å².